The number of sulfonamides is 1. The third-order valence-electron chi connectivity index (χ3n) is 5.52. The van der Waals surface area contributed by atoms with Crippen molar-refractivity contribution in [3.05, 3.63) is 52.5 Å². The van der Waals surface area contributed by atoms with Gasteiger partial charge in [-0.1, -0.05) is 28.1 Å². The van der Waals surface area contributed by atoms with E-state index in [4.69, 9.17) is 9.47 Å². The van der Waals surface area contributed by atoms with Crippen molar-refractivity contribution in [2.75, 3.05) is 27.3 Å². The summed E-state index contributed by atoms with van der Waals surface area (Å²) in [6.07, 6.45) is 0.952. The second-order valence-corrected chi connectivity index (χ2v) is 10.3. The van der Waals surface area contributed by atoms with Crippen LogP contribution in [0.2, 0.25) is 0 Å². The van der Waals surface area contributed by atoms with Crippen molar-refractivity contribution in [3.8, 4) is 11.5 Å². The average molecular weight is 511 g/mol. The maximum Gasteiger partial charge on any atom is 0.243 e. The van der Waals surface area contributed by atoms with Gasteiger partial charge in [-0.3, -0.25) is 4.79 Å². The molecule has 0 aromatic heterocycles. The van der Waals surface area contributed by atoms with Gasteiger partial charge in [0.25, 0.3) is 0 Å². The Bertz CT molecular complexity index is 1040. The second-order valence-electron chi connectivity index (χ2n) is 7.48. The van der Waals surface area contributed by atoms with Crippen LogP contribution in [0.3, 0.4) is 0 Å². The minimum absolute atomic E-state index is 0.0457. The highest BCUT2D eigenvalue weighted by Crippen LogP contribution is 2.32. The van der Waals surface area contributed by atoms with Gasteiger partial charge < -0.3 is 14.8 Å². The topological polar surface area (TPSA) is 84.9 Å². The molecule has 1 saturated heterocycles. The molecule has 168 valence electrons. The van der Waals surface area contributed by atoms with E-state index in [1.807, 2.05) is 31.2 Å². The third-order valence-corrected chi connectivity index (χ3v) is 7.91. The fourth-order valence-corrected chi connectivity index (χ4v) is 5.58. The van der Waals surface area contributed by atoms with Crippen molar-refractivity contribution in [1.29, 1.82) is 0 Å². The van der Waals surface area contributed by atoms with Crippen LogP contribution in [-0.4, -0.2) is 45.9 Å². The fourth-order valence-electron chi connectivity index (χ4n) is 3.67. The number of carbonyl (C=O) groups excluding carboxylic acids is 1. The molecule has 31 heavy (non-hydrogen) atoms. The molecule has 1 atom stereocenters. The van der Waals surface area contributed by atoms with Gasteiger partial charge in [0.2, 0.25) is 15.9 Å². The van der Waals surface area contributed by atoms with Gasteiger partial charge in [-0.2, -0.15) is 4.31 Å². The number of carbonyl (C=O) groups is 1. The second kappa shape index (κ2) is 10.0. The number of hydrogen-bond acceptors (Lipinski definition) is 5. The zero-order valence-corrected chi connectivity index (χ0v) is 20.2. The quantitative estimate of drug-likeness (QED) is 0.613. The number of rotatable bonds is 7. The summed E-state index contributed by atoms with van der Waals surface area (Å²) in [6, 6.07) is 12.2. The molecule has 0 saturated carbocycles. The SMILES string of the molecule is COc1ccc(S(=O)(=O)N2CCC(C(=O)NC(C)c3cccc(Br)c3)CC2)cc1OC. The lowest BCUT2D eigenvalue weighted by atomic mass is 9.96. The number of benzene rings is 2. The molecule has 0 radical (unpaired) electrons. The van der Waals surface area contributed by atoms with Crippen LogP contribution in [0.4, 0.5) is 0 Å². The Hall–Kier alpha value is -2.10. The van der Waals surface area contributed by atoms with Gasteiger partial charge in [0, 0.05) is 29.5 Å². The number of methoxy groups -OCH3 is 2. The number of hydrogen-bond donors (Lipinski definition) is 1. The van der Waals surface area contributed by atoms with E-state index >= 15 is 0 Å². The Morgan fingerprint density at radius 3 is 2.39 bits per heavy atom. The highest BCUT2D eigenvalue weighted by atomic mass is 79.9. The first-order valence-electron chi connectivity index (χ1n) is 10.0. The van der Waals surface area contributed by atoms with Crippen molar-refractivity contribution in [1.82, 2.24) is 9.62 Å². The summed E-state index contributed by atoms with van der Waals surface area (Å²) < 4.78 is 38.9. The smallest absolute Gasteiger partial charge is 0.243 e. The predicted molar refractivity (Wildman–Crippen MR) is 122 cm³/mol. The molecule has 1 fully saturated rings. The molecule has 0 aliphatic carbocycles. The van der Waals surface area contributed by atoms with Gasteiger partial charge in [0.1, 0.15) is 0 Å². The molecule has 2 aromatic rings. The maximum absolute atomic E-state index is 13.1. The van der Waals surface area contributed by atoms with Crippen LogP contribution in [0, 0.1) is 5.92 Å². The molecule has 1 aliphatic rings. The number of nitrogens with zero attached hydrogens (tertiary/aromatic N) is 1. The molecule has 0 bridgehead atoms. The number of ether oxygens (including phenoxy) is 2. The van der Waals surface area contributed by atoms with Crippen LogP contribution in [0.15, 0.2) is 51.8 Å². The van der Waals surface area contributed by atoms with Crippen LogP contribution < -0.4 is 14.8 Å². The first kappa shape index (κ1) is 23.6. The molecule has 3 rings (SSSR count). The molecular weight excluding hydrogens is 484 g/mol. The van der Waals surface area contributed by atoms with Gasteiger partial charge in [-0.05, 0) is 49.6 Å². The van der Waals surface area contributed by atoms with E-state index < -0.39 is 10.0 Å². The predicted octanol–water partition coefficient (Wildman–Crippen LogP) is 3.74. The van der Waals surface area contributed by atoms with E-state index in [9.17, 15) is 13.2 Å². The van der Waals surface area contributed by atoms with Gasteiger partial charge in [-0.15, -0.1) is 0 Å². The van der Waals surface area contributed by atoms with Gasteiger partial charge in [0.05, 0.1) is 25.2 Å². The van der Waals surface area contributed by atoms with E-state index in [-0.39, 0.29) is 22.8 Å². The van der Waals surface area contributed by atoms with E-state index in [1.165, 1.54) is 30.7 Å². The van der Waals surface area contributed by atoms with Crippen LogP contribution in [-0.2, 0) is 14.8 Å². The molecule has 7 nitrogen and oxygen atoms in total. The van der Waals surface area contributed by atoms with E-state index in [2.05, 4.69) is 21.2 Å². The Morgan fingerprint density at radius 2 is 1.77 bits per heavy atom. The Morgan fingerprint density at radius 1 is 1.10 bits per heavy atom. The molecular formula is C22H27BrN2O5S. The van der Waals surface area contributed by atoms with Gasteiger partial charge >= 0.3 is 0 Å². The summed E-state index contributed by atoms with van der Waals surface area (Å²) in [6.45, 7) is 2.52. The van der Waals surface area contributed by atoms with E-state index in [0.29, 0.717) is 37.4 Å². The zero-order valence-electron chi connectivity index (χ0n) is 17.8. The molecule has 9 heteroatoms. The monoisotopic (exact) mass is 510 g/mol. The third kappa shape index (κ3) is 5.39. The van der Waals surface area contributed by atoms with Crippen molar-refractivity contribution >= 4 is 31.9 Å². The summed E-state index contributed by atoms with van der Waals surface area (Å²) in [5.74, 6) is 0.567. The van der Waals surface area contributed by atoms with Crippen molar-refractivity contribution < 1.29 is 22.7 Å². The van der Waals surface area contributed by atoms with Crippen molar-refractivity contribution in [3.63, 3.8) is 0 Å². The van der Waals surface area contributed by atoms with Crippen LogP contribution in [0.25, 0.3) is 0 Å². The number of piperidine rings is 1. The van der Waals surface area contributed by atoms with Gasteiger partial charge in [0.15, 0.2) is 11.5 Å². The fraction of sp³-hybridized carbons (Fsp3) is 0.409. The van der Waals surface area contributed by atoms with Crippen LogP contribution >= 0.6 is 15.9 Å². The molecule has 0 spiro atoms. The lowest BCUT2D eigenvalue weighted by Crippen LogP contribution is -2.43. The summed E-state index contributed by atoms with van der Waals surface area (Å²) in [5.41, 5.74) is 1.01. The van der Waals surface area contributed by atoms with E-state index in [1.54, 1.807) is 6.07 Å². The molecule has 1 heterocycles. The number of halogens is 1. The van der Waals surface area contributed by atoms with Crippen molar-refractivity contribution in [2.45, 2.75) is 30.7 Å². The molecule has 2 aromatic carbocycles. The van der Waals surface area contributed by atoms with Gasteiger partial charge in [-0.25, -0.2) is 8.42 Å². The maximum atomic E-state index is 13.1. The average Bonchev–Trinajstić information content (AvgIpc) is 2.78. The largest absolute Gasteiger partial charge is 0.493 e. The number of amides is 1. The molecule has 1 unspecified atom stereocenters. The first-order chi connectivity index (χ1) is 14.8. The Labute approximate surface area is 191 Å². The minimum Gasteiger partial charge on any atom is -0.493 e. The Kier molecular flexibility index (Phi) is 7.61. The highest BCUT2D eigenvalue weighted by molar-refractivity contribution is 9.10. The lowest BCUT2D eigenvalue weighted by Gasteiger charge is -2.31. The summed E-state index contributed by atoms with van der Waals surface area (Å²) in [4.78, 5) is 12.9. The Balaban J connectivity index is 1.62. The van der Waals surface area contributed by atoms with Crippen LogP contribution in [0.1, 0.15) is 31.4 Å². The van der Waals surface area contributed by atoms with Crippen LogP contribution in [0.5, 0.6) is 11.5 Å². The molecule has 1 N–H and O–H groups in total. The lowest BCUT2D eigenvalue weighted by molar-refractivity contribution is -0.126. The summed E-state index contributed by atoms with van der Waals surface area (Å²) >= 11 is 3.44. The normalized spacial score (nSPS) is 16.5. The highest BCUT2D eigenvalue weighted by Gasteiger charge is 2.33. The standard InChI is InChI=1S/C22H27BrN2O5S/c1-15(17-5-4-6-18(23)13-17)24-22(26)16-9-11-25(12-10-16)31(27,28)19-7-8-20(29-2)21(14-19)30-3/h4-8,13-16H,9-12H2,1-3H3,(H,24,26). The minimum atomic E-state index is -3.68. The summed E-state index contributed by atoms with van der Waals surface area (Å²) in [7, 11) is -0.714. The van der Waals surface area contributed by atoms with E-state index in [0.717, 1.165) is 10.0 Å². The first-order valence-corrected chi connectivity index (χ1v) is 12.3. The van der Waals surface area contributed by atoms with Crippen molar-refractivity contribution in [2.24, 2.45) is 5.92 Å². The zero-order chi connectivity index (χ0) is 22.6. The molecule has 1 aliphatic heterocycles. The number of nitrogens with one attached hydrogen (secondary N) is 1. The molecule has 1 amide bonds. The summed E-state index contributed by atoms with van der Waals surface area (Å²) in [5, 5.41) is 3.05.